The third-order valence-electron chi connectivity index (χ3n) is 7.52. The molecule has 188 valence electrons. The van der Waals surface area contributed by atoms with Crippen LogP contribution in [-0.4, -0.2) is 4.98 Å². The summed E-state index contributed by atoms with van der Waals surface area (Å²) in [5, 5.41) is 6.14. The van der Waals surface area contributed by atoms with Crippen LogP contribution in [0.3, 0.4) is 0 Å². The molecule has 1 aliphatic rings. The van der Waals surface area contributed by atoms with Crippen LogP contribution < -0.4 is 9.30 Å². The van der Waals surface area contributed by atoms with Gasteiger partial charge in [0.1, 0.15) is 18.5 Å². The predicted octanol–water partition coefficient (Wildman–Crippen LogP) is 8.62. The lowest BCUT2D eigenvalue weighted by atomic mass is 9.82. The Kier molecular flexibility index (Phi) is 5.18. The number of fused-ring (bicyclic) bond motifs is 5. The number of pyridine rings is 2. The fraction of sp³-hybridized carbons (Fsp3) is 0.353. The summed E-state index contributed by atoms with van der Waals surface area (Å²) in [6.45, 7) is 16.0. The van der Waals surface area contributed by atoms with Crippen LogP contribution in [-0.2, 0) is 19.9 Å². The second kappa shape index (κ2) is 8.02. The molecule has 0 amide bonds. The molecule has 0 saturated heterocycles. The van der Waals surface area contributed by atoms with Crippen LogP contribution in [0.2, 0.25) is 0 Å². The Bertz CT molecular complexity index is 1730. The number of hydrogen-bond acceptors (Lipinski definition) is 2. The Balaban J connectivity index is 1.71. The van der Waals surface area contributed by atoms with E-state index in [1.54, 1.807) is 0 Å². The van der Waals surface area contributed by atoms with Crippen LogP contribution >= 0.6 is 0 Å². The zero-order chi connectivity index (χ0) is 26.3. The summed E-state index contributed by atoms with van der Waals surface area (Å²) in [6.07, 6.45) is 6.06. The van der Waals surface area contributed by atoms with Crippen LogP contribution in [0, 0.1) is 17.8 Å². The molecular weight excluding hydrogens is 452 g/mol. The molecule has 3 heteroatoms. The molecule has 2 aromatic heterocycles. The van der Waals surface area contributed by atoms with Crippen LogP contribution in [0.4, 0.5) is 0 Å². The number of hydrogen-bond donors (Lipinski definition) is 0. The second-order valence-electron chi connectivity index (χ2n) is 13.3. The summed E-state index contributed by atoms with van der Waals surface area (Å²) in [5.41, 5.74) is 7.60. The summed E-state index contributed by atoms with van der Waals surface area (Å²) in [6, 6.07) is 15.7. The molecule has 3 heterocycles. The molecule has 3 nitrogen and oxygen atoms in total. The van der Waals surface area contributed by atoms with Gasteiger partial charge in [0.05, 0.1) is 16.5 Å². The smallest absolute Gasteiger partial charge is 0.228 e. The Morgan fingerprint density at radius 2 is 1.62 bits per heavy atom. The molecule has 0 unspecified atom stereocenters. The normalized spacial score (nSPS) is 13.3. The van der Waals surface area contributed by atoms with Gasteiger partial charge in [-0.15, -0.1) is 0 Å². The summed E-state index contributed by atoms with van der Waals surface area (Å²) in [7, 11) is 2.15. The minimum absolute atomic E-state index is 0.106. The van der Waals surface area contributed by atoms with Gasteiger partial charge in [-0.1, -0.05) is 65.8 Å². The maximum Gasteiger partial charge on any atom is 0.228 e. The maximum atomic E-state index is 6.98. The molecule has 0 aliphatic carbocycles. The number of ether oxygens (including phenoxy) is 1. The van der Waals surface area contributed by atoms with Gasteiger partial charge in [0.15, 0.2) is 6.20 Å². The monoisotopic (exact) mass is 489 g/mol. The average Bonchev–Trinajstić information content (AvgIpc) is 2.81. The molecule has 5 aromatic rings. The Hall–Kier alpha value is -3.46. The fourth-order valence-corrected chi connectivity index (χ4v) is 6.14. The third kappa shape index (κ3) is 3.96. The molecule has 0 spiro atoms. The number of rotatable bonds is 2. The van der Waals surface area contributed by atoms with Gasteiger partial charge in [-0.3, -0.25) is 4.98 Å². The van der Waals surface area contributed by atoms with Crippen molar-refractivity contribution in [2.45, 2.75) is 61.3 Å². The van der Waals surface area contributed by atoms with E-state index in [4.69, 9.17) is 9.72 Å². The van der Waals surface area contributed by atoms with Crippen molar-refractivity contribution in [2.75, 3.05) is 0 Å². The van der Waals surface area contributed by atoms with Crippen LogP contribution in [0.5, 0.6) is 11.5 Å². The molecule has 0 saturated carbocycles. The third-order valence-corrected chi connectivity index (χ3v) is 7.52. The lowest BCUT2D eigenvalue weighted by Crippen LogP contribution is -2.32. The highest BCUT2D eigenvalue weighted by molar-refractivity contribution is 6.16. The Morgan fingerprint density at radius 3 is 2.35 bits per heavy atom. The zero-order valence-corrected chi connectivity index (χ0v) is 23.4. The van der Waals surface area contributed by atoms with E-state index < -0.39 is 0 Å². The summed E-state index contributed by atoms with van der Waals surface area (Å²) < 4.78 is 9.24. The fourth-order valence-electron chi connectivity index (χ4n) is 6.14. The van der Waals surface area contributed by atoms with Gasteiger partial charge in [-0.05, 0) is 64.6 Å². The molecule has 37 heavy (non-hydrogen) atoms. The van der Waals surface area contributed by atoms with Crippen molar-refractivity contribution in [1.82, 2.24) is 4.98 Å². The van der Waals surface area contributed by atoms with E-state index in [1.165, 1.54) is 54.9 Å². The van der Waals surface area contributed by atoms with Crippen molar-refractivity contribution < 1.29 is 9.30 Å². The van der Waals surface area contributed by atoms with Crippen LogP contribution in [0.15, 0.2) is 54.9 Å². The van der Waals surface area contributed by atoms with E-state index in [0.717, 1.165) is 29.9 Å². The molecule has 0 N–H and O–H groups in total. The first-order chi connectivity index (χ1) is 17.4. The van der Waals surface area contributed by atoms with Crippen molar-refractivity contribution in [3.05, 3.63) is 71.5 Å². The van der Waals surface area contributed by atoms with Gasteiger partial charge in [0.25, 0.3) is 0 Å². The molecule has 3 aromatic carbocycles. The van der Waals surface area contributed by atoms with Gasteiger partial charge >= 0.3 is 0 Å². The van der Waals surface area contributed by atoms with Crippen molar-refractivity contribution in [3.8, 4) is 22.8 Å². The lowest BCUT2D eigenvalue weighted by Gasteiger charge is -2.28. The van der Waals surface area contributed by atoms with Gasteiger partial charge in [0.2, 0.25) is 5.69 Å². The number of benzene rings is 3. The summed E-state index contributed by atoms with van der Waals surface area (Å²) in [5.74, 6) is 1.95. The van der Waals surface area contributed by atoms with Crippen LogP contribution in [0.25, 0.3) is 43.7 Å². The van der Waals surface area contributed by atoms with E-state index in [2.05, 4.69) is 103 Å². The first-order valence-corrected chi connectivity index (χ1v) is 13.4. The molecule has 0 atom stereocenters. The largest absolute Gasteiger partial charge is 0.455 e. The molecule has 0 bridgehead atoms. The standard InChI is InChI=1S/C34H37N2O/c1-20-28-31-29-24(13-15-36(31)8)23-12-11-21(18-33(2,3)4)16-22(23)17-27(29)37-32(28)26(19-34(5,6)7)25-10-9-14-35-30(20)25/h9-17H,18-19H2,1-8H3/q+1. The van der Waals surface area contributed by atoms with Crippen molar-refractivity contribution in [2.24, 2.45) is 17.9 Å². The van der Waals surface area contributed by atoms with E-state index in [9.17, 15) is 0 Å². The van der Waals surface area contributed by atoms with Crippen molar-refractivity contribution in [3.63, 3.8) is 0 Å². The highest BCUT2D eigenvalue weighted by Gasteiger charge is 2.34. The maximum absolute atomic E-state index is 6.98. The zero-order valence-electron chi connectivity index (χ0n) is 23.4. The van der Waals surface area contributed by atoms with E-state index >= 15 is 0 Å². The highest BCUT2D eigenvalue weighted by atomic mass is 16.5. The molecular formula is C34H37N2O+. The highest BCUT2D eigenvalue weighted by Crippen LogP contribution is 2.52. The quantitative estimate of drug-likeness (QED) is 0.180. The topological polar surface area (TPSA) is 26.0 Å². The minimum Gasteiger partial charge on any atom is -0.455 e. The second-order valence-corrected chi connectivity index (χ2v) is 13.3. The lowest BCUT2D eigenvalue weighted by molar-refractivity contribution is -0.659. The van der Waals surface area contributed by atoms with Crippen LogP contribution in [0.1, 0.15) is 58.2 Å². The SMILES string of the molecule is Cc1c2c(c(CC(C)(C)C)c3cccnc13)Oc1cc3cc(CC(C)(C)C)ccc3c3cc[n+](C)c-2c13. The Morgan fingerprint density at radius 1 is 0.865 bits per heavy atom. The average molecular weight is 490 g/mol. The van der Waals surface area contributed by atoms with Crippen molar-refractivity contribution in [1.29, 1.82) is 0 Å². The molecule has 6 rings (SSSR count). The predicted molar refractivity (Wildman–Crippen MR) is 154 cm³/mol. The van der Waals surface area contributed by atoms with E-state index in [-0.39, 0.29) is 10.8 Å². The minimum atomic E-state index is 0.106. The Labute approximate surface area is 220 Å². The van der Waals surface area contributed by atoms with Gasteiger partial charge in [-0.2, -0.15) is 0 Å². The summed E-state index contributed by atoms with van der Waals surface area (Å²) >= 11 is 0. The number of nitrogens with zero attached hydrogens (tertiary/aromatic N) is 2. The first kappa shape index (κ1) is 23.9. The first-order valence-electron chi connectivity index (χ1n) is 13.4. The van der Waals surface area contributed by atoms with Gasteiger partial charge in [0, 0.05) is 28.6 Å². The molecule has 0 fully saturated rings. The van der Waals surface area contributed by atoms with E-state index in [0.29, 0.717) is 0 Å². The van der Waals surface area contributed by atoms with Gasteiger partial charge in [-0.25, -0.2) is 4.57 Å². The van der Waals surface area contributed by atoms with Gasteiger partial charge < -0.3 is 4.74 Å². The van der Waals surface area contributed by atoms with E-state index in [1.807, 2.05) is 12.3 Å². The summed E-state index contributed by atoms with van der Waals surface area (Å²) in [4.78, 5) is 4.85. The number of aryl methyl sites for hydroxylation is 2. The number of aromatic nitrogens is 2. The van der Waals surface area contributed by atoms with Crippen molar-refractivity contribution >= 4 is 32.4 Å². The molecule has 0 radical (unpaired) electrons. The molecule has 1 aliphatic heterocycles.